The number of fused-ring (bicyclic) bond motifs is 1. The van der Waals surface area contributed by atoms with Crippen molar-refractivity contribution in [1.29, 1.82) is 0 Å². The van der Waals surface area contributed by atoms with E-state index in [1.165, 1.54) is 0 Å². The molecular weight excluding hydrogens is 316 g/mol. The van der Waals surface area contributed by atoms with E-state index in [1.54, 1.807) is 26.4 Å². The van der Waals surface area contributed by atoms with Crippen molar-refractivity contribution in [2.75, 3.05) is 43.7 Å². The maximum absolute atomic E-state index is 13.2. The molecule has 0 atom stereocenters. The van der Waals surface area contributed by atoms with Gasteiger partial charge in [0.1, 0.15) is 11.5 Å². The van der Waals surface area contributed by atoms with Crippen molar-refractivity contribution < 1.29 is 14.3 Å². The predicted molar refractivity (Wildman–Crippen MR) is 100 cm³/mol. The highest BCUT2D eigenvalue weighted by molar-refractivity contribution is 6.09. The smallest absolute Gasteiger partial charge is 0.258 e. The average molecular weight is 340 g/mol. The minimum atomic E-state index is -0.0418. The zero-order chi connectivity index (χ0) is 18.0. The van der Waals surface area contributed by atoms with E-state index in [0.717, 1.165) is 30.0 Å². The highest BCUT2D eigenvalue weighted by atomic mass is 16.5. The number of anilines is 2. The summed E-state index contributed by atoms with van der Waals surface area (Å²) >= 11 is 0. The molecular formula is C20H24N2O3. The fraction of sp³-hybridized carbons (Fsp3) is 0.350. The van der Waals surface area contributed by atoms with Crippen LogP contribution in [0.4, 0.5) is 11.4 Å². The van der Waals surface area contributed by atoms with Gasteiger partial charge in [-0.2, -0.15) is 0 Å². The Labute approximate surface area is 148 Å². The Kier molecular flexibility index (Phi) is 4.83. The first-order valence-corrected chi connectivity index (χ1v) is 8.49. The number of carbonyl (C=O) groups excluding carboxylic acids is 1. The number of para-hydroxylation sites is 2. The number of hydrogen-bond acceptors (Lipinski definition) is 4. The van der Waals surface area contributed by atoms with Gasteiger partial charge in [-0.3, -0.25) is 4.79 Å². The highest BCUT2D eigenvalue weighted by Gasteiger charge is 2.27. The van der Waals surface area contributed by atoms with Gasteiger partial charge in [0, 0.05) is 30.8 Å². The minimum absolute atomic E-state index is 0.0418. The fourth-order valence-corrected chi connectivity index (χ4v) is 3.33. The summed E-state index contributed by atoms with van der Waals surface area (Å²) in [7, 11) is 3.21. The number of likely N-dealkylation sites (N-methyl/N-ethyl adjacent to an activating group) is 1. The number of hydrogen-bond donors (Lipinski definition) is 0. The topological polar surface area (TPSA) is 42.0 Å². The zero-order valence-corrected chi connectivity index (χ0v) is 15.2. The molecule has 25 heavy (non-hydrogen) atoms. The van der Waals surface area contributed by atoms with Gasteiger partial charge in [-0.25, -0.2) is 0 Å². The van der Waals surface area contributed by atoms with Crippen LogP contribution in [0.5, 0.6) is 11.5 Å². The Balaban J connectivity index is 2.02. The summed E-state index contributed by atoms with van der Waals surface area (Å²) in [6.45, 7) is 6.44. The molecule has 5 nitrogen and oxygen atoms in total. The van der Waals surface area contributed by atoms with E-state index in [-0.39, 0.29) is 5.91 Å². The molecule has 1 amide bonds. The molecule has 0 bridgehead atoms. The quantitative estimate of drug-likeness (QED) is 0.854. The Morgan fingerprint density at radius 1 is 1.04 bits per heavy atom. The number of nitrogens with zero attached hydrogens (tertiary/aromatic N) is 2. The first-order chi connectivity index (χ1) is 12.1. The first-order valence-electron chi connectivity index (χ1n) is 8.49. The Bertz CT molecular complexity index is 763. The largest absolute Gasteiger partial charge is 0.496 e. The van der Waals surface area contributed by atoms with Gasteiger partial charge in [0.2, 0.25) is 0 Å². The number of carbonyl (C=O) groups is 1. The van der Waals surface area contributed by atoms with Crippen molar-refractivity contribution >= 4 is 17.3 Å². The van der Waals surface area contributed by atoms with Gasteiger partial charge < -0.3 is 19.3 Å². The molecule has 0 radical (unpaired) electrons. The summed E-state index contributed by atoms with van der Waals surface area (Å²) in [6.07, 6.45) is 0. The Hall–Kier alpha value is -2.69. The summed E-state index contributed by atoms with van der Waals surface area (Å²) in [6, 6.07) is 11.6. The molecule has 0 aromatic heterocycles. The van der Waals surface area contributed by atoms with Crippen molar-refractivity contribution in [2.24, 2.45) is 0 Å². The van der Waals surface area contributed by atoms with Gasteiger partial charge >= 0.3 is 0 Å². The second-order valence-electron chi connectivity index (χ2n) is 6.03. The van der Waals surface area contributed by atoms with Crippen molar-refractivity contribution in [3.63, 3.8) is 0 Å². The van der Waals surface area contributed by atoms with E-state index in [0.29, 0.717) is 23.6 Å². The van der Waals surface area contributed by atoms with Crippen molar-refractivity contribution in [3.05, 3.63) is 47.5 Å². The van der Waals surface area contributed by atoms with Crippen molar-refractivity contribution in [3.8, 4) is 11.5 Å². The number of amides is 1. The summed E-state index contributed by atoms with van der Waals surface area (Å²) in [4.78, 5) is 17.3. The molecule has 5 heteroatoms. The third kappa shape index (κ3) is 3.02. The number of ether oxygens (including phenoxy) is 2. The molecule has 0 saturated carbocycles. The summed E-state index contributed by atoms with van der Waals surface area (Å²) < 4.78 is 10.8. The molecule has 0 aliphatic carbocycles. The normalized spacial score (nSPS) is 13.4. The number of benzene rings is 2. The molecule has 2 aromatic carbocycles. The number of rotatable bonds is 4. The van der Waals surface area contributed by atoms with E-state index >= 15 is 0 Å². The van der Waals surface area contributed by atoms with Crippen molar-refractivity contribution in [2.45, 2.75) is 13.8 Å². The standard InChI is InChI=1S/C20H24N2O3/c1-5-21-10-11-22(17-9-7-6-8-16(17)21)20(23)15-12-18(24-3)14(2)19(13-15)25-4/h6-9,12-13H,5,10-11H2,1-4H3. The maximum atomic E-state index is 13.2. The highest BCUT2D eigenvalue weighted by Crippen LogP contribution is 2.35. The second-order valence-corrected chi connectivity index (χ2v) is 6.03. The lowest BCUT2D eigenvalue weighted by Gasteiger charge is -2.37. The molecule has 0 unspecified atom stereocenters. The van der Waals surface area contributed by atoms with Crippen LogP contribution in [0.15, 0.2) is 36.4 Å². The van der Waals surface area contributed by atoms with Crippen LogP contribution in [0.2, 0.25) is 0 Å². The SMILES string of the molecule is CCN1CCN(C(=O)c2cc(OC)c(C)c(OC)c2)c2ccccc21. The molecule has 1 aliphatic rings. The van der Waals surface area contributed by atoms with Crippen LogP contribution < -0.4 is 19.3 Å². The van der Waals surface area contributed by atoms with Crippen LogP contribution in [0, 0.1) is 6.92 Å². The van der Waals surface area contributed by atoms with Crippen LogP contribution in [0.25, 0.3) is 0 Å². The molecule has 132 valence electrons. The lowest BCUT2D eigenvalue weighted by Crippen LogP contribution is -2.44. The molecule has 0 N–H and O–H groups in total. The summed E-state index contributed by atoms with van der Waals surface area (Å²) in [5.74, 6) is 1.27. The lowest BCUT2D eigenvalue weighted by molar-refractivity contribution is 0.0986. The predicted octanol–water partition coefficient (Wildman–Crippen LogP) is 3.50. The fourth-order valence-electron chi connectivity index (χ4n) is 3.33. The summed E-state index contributed by atoms with van der Waals surface area (Å²) in [5, 5.41) is 0. The molecule has 0 spiro atoms. The molecule has 1 aliphatic heterocycles. The molecule has 1 heterocycles. The zero-order valence-electron chi connectivity index (χ0n) is 15.2. The van der Waals surface area contributed by atoms with Gasteiger partial charge in [0.25, 0.3) is 5.91 Å². The van der Waals surface area contributed by atoms with Gasteiger partial charge in [0.15, 0.2) is 0 Å². The van der Waals surface area contributed by atoms with Crippen LogP contribution in [-0.4, -0.2) is 39.8 Å². The molecule has 0 saturated heterocycles. The summed E-state index contributed by atoms with van der Waals surface area (Å²) in [5.41, 5.74) is 3.49. The van der Waals surface area contributed by atoms with Crippen LogP contribution in [0.1, 0.15) is 22.8 Å². The van der Waals surface area contributed by atoms with Gasteiger partial charge in [-0.1, -0.05) is 12.1 Å². The number of methoxy groups -OCH3 is 2. The van der Waals surface area contributed by atoms with Crippen LogP contribution in [0.3, 0.4) is 0 Å². The van der Waals surface area contributed by atoms with E-state index < -0.39 is 0 Å². The van der Waals surface area contributed by atoms with Crippen LogP contribution >= 0.6 is 0 Å². The molecule has 0 fully saturated rings. The third-order valence-corrected chi connectivity index (χ3v) is 4.73. The van der Waals surface area contributed by atoms with E-state index in [2.05, 4.69) is 17.9 Å². The van der Waals surface area contributed by atoms with Gasteiger partial charge in [-0.05, 0) is 38.1 Å². The molecule has 3 rings (SSSR count). The van der Waals surface area contributed by atoms with E-state index in [9.17, 15) is 4.79 Å². The average Bonchev–Trinajstić information content (AvgIpc) is 2.66. The van der Waals surface area contributed by atoms with E-state index in [1.807, 2.05) is 30.0 Å². The Morgan fingerprint density at radius 3 is 2.20 bits per heavy atom. The monoisotopic (exact) mass is 340 g/mol. The minimum Gasteiger partial charge on any atom is -0.496 e. The lowest BCUT2D eigenvalue weighted by atomic mass is 10.1. The van der Waals surface area contributed by atoms with E-state index in [4.69, 9.17) is 9.47 Å². The maximum Gasteiger partial charge on any atom is 0.258 e. The van der Waals surface area contributed by atoms with Gasteiger partial charge in [-0.15, -0.1) is 0 Å². The van der Waals surface area contributed by atoms with Crippen LogP contribution in [-0.2, 0) is 0 Å². The second kappa shape index (κ2) is 7.05. The third-order valence-electron chi connectivity index (χ3n) is 4.73. The first kappa shape index (κ1) is 17.1. The van der Waals surface area contributed by atoms with Crippen molar-refractivity contribution in [1.82, 2.24) is 0 Å². The van der Waals surface area contributed by atoms with Gasteiger partial charge in [0.05, 0.1) is 25.6 Å². The molecule has 2 aromatic rings. The Morgan fingerprint density at radius 2 is 1.64 bits per heavy atom.